The summed E-state index contributed by atoms with van der Waals surface area (Å²) in [6.07, 6.45) is -1.90. The molecule has 2 N–H and O–H groups in total. The Labute approximate surface area is 231 Å². The number of amides is 2. The van der Waals surface area contributed by atoms with Gasteiger partial charge in [0.1, 0.15) is 17.0 Å². The zero-order valence-electron chi connectivity index (χ0n) is 22.8. The minimum Gasteiger partial charge on any atom is -0.493 e. The highest BCUT2D eigenvalue weighted by atomic mass is 19.4. The molecule has 0 spiro atoms. The first-order valence-corrected chi connectivity index (χ1v) is 13.1. The molecule has 218 valence electrons. The number of alkyl halides is 3. The second-order valence-electron chi connectivity index (χ2n) is 10.4. The smallest absolute Gasteiger partial charge is 0.419 e. The highest BCUT2D eigenvalue weighted by Gasteiger charge is 2.56. The van der Waals surface area contributed by atoms with E-state index in [4.69, 9.17) is 9.47 Å². The summed E-state index contributed by atoms with van der Waals surface area (Å²) in [6.45, 7) is 3.56. The van der Waals surface area contributed by atoms with Gasteiger partial charge in [-0.1, -0.05) is 43.2 Å². The van der Waals surface area contributed by atoms with Crippen LogP contribution in [0.15, 0.2) is 48.5 Å². The first-order chi connectivity index (χ1) is 18.8. The highest BCUT2D eigenvalue weighted by Crippen LogP contribution is 2.37. The lowest BCUT2D eigenvalue weighted by molar-refractivity contribution is -0.139. The van der Waals surface area contributed by atoms with Crippen molar-refractivity contribution in [1.82, 2.24) is 10.2 Å². The predicted octanol–water partition coefficient (Wildman–Crippen LogP) is 5.69. The lowest BCUT2D eigenvalue weighted by Crippen LogP contribution is -2.61. The number of carbonyl (C=O) groups excluding carboxylic acids is 2. The molecule has 1 atom stereocenters. The molecule has 1 aliphatic rings. The maximum Gasteiger partial charge on any atom is 0.419 e. The van der Waals surface area contributed by atoms with E-state index in [2.05, 4.69) is 17.4 Å². The molecule has 2 amide bonds. The van der Waals surface area contributed by atoms with E-state index in [0.717, 1.165) is 36.6 Å². The number of rotatable bonds is 12. The summed E-state index contributed by atoms with van der Waals surface area (Å²) in [4.78, 5) is 38.1. The summed E-state index contributed by atoms with van der Waals surface area (Å²) in [5.41, 5.74) is -2.99. The van der Waals surface area contributed by atoms with E-state index in [1.165, 1.54) is 32.4 Å². The first kappa shape index (κ1) is 30.9. The molecule has 3 rings (SSSR count). The van der Waals surface area contributed by atoms with E-state index in [-0.39, 0.29) is 24.5 Å². The van der Waals surface area contributed by atoms with Gasteiger partial charge in [-0.25, -0.2) is 4.79 Å². The van der Waals surface area contributed by atoms with Crippen LogP contribution in [0.1, 0.15) is 67.9 Å². The third-order valence-electron chi connectivity index (χ3n) is 6.90. The van der Waals surface area contributed by atoms with Gasteiger partial charge in [-0.05, 0) is 63.8 Å². The van der Waals surface area contributed by atoms with Crippen molar-refractivity contribution in [2.24, 2.45) is 0 Å². The van der Waals surface area contributed by atoms with E-state index in [1.54, 1.807) is 0 Å². The van der Waals surface area contributed by atoms with Crippen LogP contribution in [0.2, 0.25) is 0 Å². The standard InChI is InChI=1S/C29H35F3N2O6/c1-27(2)34(26(37)38)28(3,19-40-27)25(36)33-18-23(35)21-14-15-24(22(17-21)29(30,31)32)39-16-10-5-4-7-11-20-12-8-6-9-13-20/h6,8-9,12-15,17H,4-5,7,10-11,16,18-19H2,1-3H3,(H,33,36)(H,37,38). The largest absolute Gasteiger partial charge is 0.493 e. The number of hydrogen-bond donors (Lipinski definition) is 2. The lowest BCUT2D eigenvalue weighted by atomic mass is 9.99. The van der Waals surface area contributed by atoms with Crippen LogP contribution in [0, 0.1) is 0 Å². The van der Waals surface area contributed by atoms with Gasteiger partial charge in [0.25, 0.3) is 0 Å². The Morgan fingerprint density at radius 2 is 1.70 bits per heavy atom. The molecule has 1 unspecified atom stereocenters. The van der Waals surface area contributed by atoms with E-state index in [9.17, 15) is 32.7 Å². The van der Waals surface area contributed by atoms with Crippen LogP contribution in [0.25, 0.3) is 0 Å². The zero-order chi connectivity index (χ0) is 29.6. The molecular weight excluding hydrogens is 529 g/mol. The molecule has 8 nitrogen and oxygen atoms in total. The lowest BCUT2D eigenvalue weighted by Gasteiger charge is -2.36. The maximum atomic E-state index is 13.8. The summed E-state index contributed by atoms with van der Waals surface area (Å²) in [5.74, 6) is -1.94. The monoisotopic (exact) mass is 564 g/mol. The van der Waals surface area contributed by atoms with Crippen LogP contribution in [0.4, 0.5) is 18.0 Å². The Morgan fingerprint density at radius 1 is 1.02 bits per heavy atom. The summed E-state index contributed by atoms with van der Waals surface area (Å²) in [5, 5.41) is 11.9. The summed E-state index contributed by atoms with van der Waals surface area (Å²) in [6, 6.07) is 13.1. The van der Waals surface area contributed by atoms with Gasteiger partial charge in [-0.15, -0.1) is 0 Å². The van der Waals surface area contributed by atoms with Crippen molar-refractivity contribution in [1.29, 1.82) is 0 Å². The molecule has 1 saturated heterocycles. The molecule has 0 aliphatic carbocycles. The number of hydrogen-bond acceptors (Lipinski definition) is 5. The minimum atomic E-state index is -4.76. The van der Waals surface area contributed by atoms with Crippen molar-refractivity contribution in [2.45, 2.75) is 70.3 Å². The molecule has 40 heavy (non-hydrogen) atoms. The van der Waals surface area contributed by atoms with Crippen molar-refractivity contribution in [3.05, 3.63) is 65.2 Å². The molecule has 0 saturated carbocycles. The predicted molar refractivity (Wildman–Crippen MR) is 141 cm³/mol. The Balaban J connectivity index is 1.55. The quantitative estimate of drug-likeness (QED) is 0.254. The number of nitrogens with one attached hydrogen (secondary N) is 1. The zero-order valence-corrected chi connectivity index (χ0v) is 22.8. The van der Waals surface area contributed by atoms with Gasteiger partial charge in [-0.3, -0.25) is 14.5 Å². The maximum absolute atomic E-state index is 13.8. The number of ether oxygens (including phenoxy) is 2. The molecule has 2 aromatic rings. The normalized spacial score (nSPS) is 18.4. The molecule has 11 heteroatoms. The van der Waals surface area contributed by atoms with Crippen LogP contribution in [0.5, 0.6) is 5.75 Å². The van der Waals surface area contributed by atoms with Gasteiger partial charge >= 0.3 is 12.3 Å². The van der Waals surface area contributed by atoms with Crippen LogP contribution in [0.3, 0.4) is 0 Å². The Hall–Kier alpha value is -3.60. The van der Waals surface area contributed by atoms with Crippen molar-refractivity contribution in [2.75, 3.05) is 19.8 Å². The number of halogens is 3. The summed E-state index contributed by atoms with van der Waals surface area (Å²) < 4.78 is 52.1. The SMILES string of the molecule is CC1(C)OCC(C)(C(=O)NCC(=O)c2ccc(OCCCCCCc3ccccc3)c(C(F)(F)F)c2)N1C(=O)O. The second kappa shape index (κ2) is 12.7. The molecule has 0 aromatic heterocycles. The topological polar surface area (TPSA) is 105 Å². The summed E-state index contributed by atoms with van der Waals surface area (Å²) >= 11 is 0. The molecule has 1 heterocycles. The third-order valence-corrected chi connectivity index (χ3v) is 6.90. The number of carboxylic acid groups (broad SMARTS) is 1. The Morgan fingerprint density at radius 3 is 2.35 bits per heavy atom. The van der Waals surface area contributed by atoms with E-state index in [0.29, 0.717) is 12.5 Å². The number of carbonyl (C=O) groups is 3. The number of aryl methyl sites for hydroxylation is 1. The molecule has 0 radical (unpaired) electrons. The number of benzene rings is 2. The van der Waals surface area contributed by atoms with Crippen molar-refractivity contribution in [3.8, 4) is 5.75 Å². The fourth-order valence-corrected chi connectivity index (χ4v) is 4.76. The van der Waals surface area contributed by atoms with Gasteiger partial charge < -0.3 is 19.9 Å². The van der Waals surface area contributed by atoms with Crippen molar-refractivity contribution < 1.29 is 42.1 Å². The number of ketones is 1. The number of nitrogens with zero attached hydrogens (tertiary/aromatic N) is 1. The number of Topliss-reactive ketones (excluding diaryl/α,β-unsaturated/α-hetero) is 1. The van der Waals surface area contributed by atoms with Crippen molar-refractivity contribution in [3.63, 3.8) is 0 Å². The Kier molecular flexibility index (Phi) is 9.83. The van der Waals surface area contributed by atoms with Gasteiger partial charge in [0.05, 0.1) is 25.3 Å². The average Bonchev–Trinajstić information content (AvgIpc) is 3.16. The molecule has 2 aromatic carbocycles. The van der Waals surface area contributed by atoms with Crippen LogP contribution in [-0.4, -0.2) is 58.8 Å². The minimum absolute atomic E-state index is 0.106. The summed E-state index contributed by atoms with van der Waals surface area (Å²) in [7, 11) is 0. The fourth-order valence-electron chi connectivity index (χ4n) is 4.76. The third kappa shape index (κ3) is 7.53. The fraction of sp³-hybridized carbons (Fsp3) is 0.483. The highest BCUT2D eigenvalue weighted by molar-refractivity contribution is 6.01. The number of unbranched alkanes of at least 4 members (excludes halogenated alkanes) is 3. The van der Waals surface area contributed by atoms with Gasteiger partial charge in [0.2, 0.25) is 5.91 Å². The van der Waals surface area contributed by atoms with Crippen LogP contribution >= 0.6 is 0 Å². The second-order valence-corrected chi connectivity index (χ2v) is 10.4. The molecular formula is C29H35F3N2O6. The van der Waals surface area contributed by atoms with E-state index >= 15 is 0 Å². The molecule has 1 aliphatic heterocycles. The van der Waals surface area contributed by atoms with E-state index in [1.807, 2.05) is 18.2 Å². The molecule has 0 bridgehead atoms. The van der Waals surface area contributed by atoms with Crippen LogP contribution in [-0.2, 0) is 22.1 Å². The van der Waals surface area contributed by atoms with E-state index < -0.39 is 47.3 Å². The average molecular weight is 565 g/mol. The molecule has 1 fully saturated rings. The van der Waals surface area contributed by atoms with Crippen molar-refractivity contribution >= 4 is 17.8 Å². The first-order valence-electron chi connectivity index (χ1n) is 13.1. The Bertz CT molecular complexity index is 1200. The van der Waals surface area contributed by atoms with Gasteiger partial charge in [0.15, 0.2) is 5.78 Å². The van der Waals surface area contributed by atoms with Gasteiger partial charge in [-0.2, -0.15) is 13.2 Å². The van der Waals surface area contributed by atoms with Crippen LogP contribution < -0.4 is 10.1 Å². The van der Waals surface area contributed by atoms with Gasteiger partial charge in [0, 0.05) is 5.56 Å².